The first-order valence-corrected chi connectivity index (χ1v) is 9.93. The summed E-state index contributed by atoms with van der Waals surface area (Å²) in [5.41, 5.74) is 6.14. The zero-order valence-corrected chi connectivity index (χ0v) is 16.6. The lowest BCUT2D eigenvalue weighted by Gasteiger charge is -2.18. The minimum atomic E-state index is 0.158. The van der Waals surface area contributed by atoms with Crippen LogP contribution in [-0.2, 0) is 5.41 Å². The van der Waals surface area contributed by atoms with E-state index < -0.39 is 0 Å². The second-order valence-corrected chi connectivity index (χ2v) is 8.66. The van der Waals surface area contributed by atoms with Gasteiger partial charge in [0.2, 0.25) is 0 Å². The summed E-state index contributed by atoms with van der Waals surface area (Å²) in [6.45, 7) is 6.68. The second-order valence-electron chi connectivity index (χ2n) is 7.68. The van der Waals surface area contributed by atoms with Crippen molar-refractivity contribution in [3.63, 3.8) is 0 Å². The van der Waals surface area contributed by atoms with E-state index in [0.717, 1.165) is 21.1 Å². The summed E-state index contributed by atoms with van der Waals surface area (Å²) in [6, 6.07) is 27.6. The Kier molecular flexibility index (Phi) is 4.63. The smallest absolute Gasteiger partial charge is 0.138 e. The molecule has 3 aromatic carbocycles. The van der Waals surface area contributed by atoms with E-state index in [9.17, 15) is 0 Å². The summed E-state index contributed by atoms with van der Waals surface area (Å²) in [6.07, 6.45) is 0. The van der Waals surface area contributed by atoms with E-state index >= 15 is 0 Å². The molecule has 1 aromatic heterocycles. The van der Waals surface area contributed by atoms with Gasteiger partial charge < -0.3 is 0 Å². The molecule has 0 fully saturated rings. The lowest BCUT2D eigenvalue weighted by Crippen LogP contribution is -2.10. The fourth-order valence-electron chi connectivity index (χ4n) is 3.01. The van der Waals surface area contributed by atoms with Gasteiger partial charge in [0.25, 0.3) is 0 Å². The largest absolute Gasteiger partial charge is 0.148 e. The van der Waals surface area contributed by atoms with Crippen LogP contribution in [0.4, 0.5) is 0 Å². The first-order valence-electron chi connectivity index (χ1n) is 9.11. The van der Waals surface area contributed by atoms with Crippen LogP contribution in [-0.4, -0.2) is 10.2 Å². The average Bonchev–Trinajstić information content (AvgIpc) is 3.18. The number of benzene rings is 3. The average molecular weight is 371 g/mol. The molecule has 27 heavy (non-hydrogen) atoms. The van der Waals surface area contributed by atoms with Crippen molar-refractivity contribution in [2.75, 3.05) is 0 Å². The van der Waals surface area contributed by atoms with Crippen molar-refractivity contribution in [1.82, 2.24) is 10.2 Å². The van der Waals surface area contributed by atoms with E-state index in [1.165, 1.54) is 16.7 Å². The van der Waals surface area contributed by atoms with Crippen molar-refractivity contribution in [3.8, 4) is 32.3 Å². The van der Waals surface area contributed by atoms with Gasteiger partial charge in [-0.15, -0.1) is 10.2 Å². The quantitative estimate of drug-likeness (QED) is 0.395. The molecule has 0 amide bonds. The maximum absolute atomic E-state index is 4.40. The highest BCUT2D eigenvalue weighted by atomic mass is 32.1. The van der Waals surface area contributed by atoms with E-state index in [2.05, 4.69) is 104 Å². The van der Waals surface area contributed by atoms with Crippen LogP contribution in [0.15, 0.2) is 78.9 Å². The normalized spacial score (nSPS) is 11.5. The Labute approximate surface area is 164 Å². The molecule has 4 rings (SSSR count). The lowest BCUT2D eigenvalue weighted by atomic mass is 9.87. The number of nitrogens with zero attached hydrogens (tertiary/aromatic N) is 2. The number of aromatic nitrogens is 2. The van der Waals surface area contributed by atoms with E-state index in [1.807, 2.05) is 6.07 Å². The second kappa shape index (κ2) is 7.09. The number of hydrogen-bond acceptors (Lipinski definition) is 3. The summed E-state index contributed by atoms with van der Waals surface area (Å²) in [7, 11) is 0. The van der Waals surface area contributed by atoms with E-state index in [1.54, 1.807) is 11.3 Å². The Morgan fingerprint density at radius 2 is 1.00 bits per heavy atom. The number of hydrogen-bond donors (Lipinski definition) is 0. The van der Waals surface area contributed by atoms with Crippen LogP contribution >= 0.6 is 11.3 Å². The Bertz CT molecular complexity index is 1020. The van der Waals surface area contributed by atoms with Crippen LogP contribution < -0.4 is 0 Å². The van der Waals surface area contributed by atoms with Crippen molar-refractivity contribution in [3.05, 3.63) is 84.4 Å². The molecule has 1 heterocycles. The van der Waals surface area contributed by atoms with Gasteiger partial charge in [0.1, 0.15) is 10.0 Å². The molecule has 0 atom stereocenters. The molecule has 0 aliphatic heterocycles. The first kappa shape index (κ1) is 17.6. The standard InChI is InChI=1S/C24H22N2S/c1-24(2,3)21-15-13-20(14-16-21)23-26-25-22(27-23)19-11-9-18(10-12-19)17-7-5-4-6-8-17/h4-16H,1-3H3. The van der Waals surface area contributed by atoms with Crippen molar-refractivity contribution in [2.24, 2.45) is 0 Å². The maximum Gasteiger partial charge on any atom is 0.148 e. The summed E-state index contributed by atoms with van der Waals surface area (Å²) >= 11 is 1.63. The Morgan fingerprint density at radius 3 is 1.52 bits per heavy atom. The fraction of sp³-hybridized carbons (Fsp3) is 0.167. The molecule has 0 saturated carbocycles. The molecular formula is C24H22N2S. The van der Waals surface area contributed by atoms with Crippen LogP contribution in [0.2, 0.25) is 0 Å². The summed E-state index contributed by atoms with van der Waals surface area (Å²) in [4.78, 5) is 0. The highest BCUT2D eigenvalue weighted by Gasteiger charge is 2.14. The molecule has 0 N–H and O–H groups in total. The van der Waals surface area contributed by atoms with Gasteiger partial charge in [0.05, 0.1) is 0 Å². The van der Waals surface area contributed by atoms with Gasteiger partial charge in [-0.1, -0.05) is 111 Å². The number of rotatable bonds is 3. The van der Waals surface area contributed by atoms with E-state index in [-0.39, 0.29) is 5.41 Å². The Hall–Kier alpha value is -2.78. The van der Waals surface area contributed by atoms with Gasteiger partial charge in [-0.05, 0) is 22.1 Å². The Morgan fingerprint density at radius 1 is 0.556 bits per heavy atom. The van der Waals surface area contributed by atoms with Gasteiger partial charge in [-0.3, -0.25) is 0 Å². The maximum atomic E-state index is 4.40. The van der Waals surface area contributed by atoms with Crippen LogP contribution in [0, 0.1) is 0 Å². The van der Waals surface area contributed by atoms with Crippen molar-refractivity contribution in [2.45, 2.75) is 26.2 Å². The van der Waals surface area contributed by atoms with Gasteiger partial charge in [-0.25, -0.2) is 0 Å². The summed E-state index contributed by atoms with van der Waals surface area (Å²) in [5, 5.41) is 10.7. The SMILES string of the molecule is CC(C)(C)c1ccc(-c2nnc(-c3ccc(-c4ccccc4)cc3)s2)cc1. The molecule has 0 unspecified atom stereocenters. The molecule has 4 aromatic rings. The van der Waals surface area contributed by atoms with Crippen molar-refractivity contribution in [1.29, 1.82) is 0 Å². The zero-order chi connectivity index (χ0) is 18.9. The third-order valence-corrected chi connectivity index (χ3v) is 5.68. The molecule has 0 bridgehead atoms. The molecule has 134 valence electrons. The van der Waals surface area contributed by atoms with Gasteiger partial charge >= 0.3 is 0 Å². The fourth-order valence-corrected chi connectivity index (χ4v) is 3.86. The molecule has 2 nitrogen and oxygen atoms in total. The van der Waals surface area contributed by atoms with Crippen LogP contribution in [0.25, 0.3) is 32.3 Å². The summed E-state index contributed by atoms with van der Waals surface area (Å²) in [5.74, 6) is 0. The van der Waals surface area contributed by atoms with Gasteiger partial charge in [0.15, 0.2) is 0 Å². The third-order valence-electron chi connectivity index (χ3n) is 4.66. The molecule has 3 heteroatoms. The van der Waals surface area contributed by atoms with Crippen molar-refractivity contribution < 1.29 is 0 Å². The van der Waals surface area contributed by atoms with E-state index in [4.69, 9.17) is 0 Å². The third kappa shape index (κ3) is 3.83. The van der Waals surface area contributed by atoms with Gasteiger partial charge in [0, 0.05) is 11.1 Å². The lowest BCUT2D eigenvalue weighted by molar-refractivity contribution is 0.590. The molecule has 0 aliphatic rings. The van der Waals surface area contributed by atoms with Crippen molar-refractivity contribution >= 4 is 11.3 Å². The monoisotopic (exact) mass is 370 g/mol. The van der Waals surface area contributed by atoms with Crippen LogP contribution in [0.5, 0.6) is 0 Å². The zero-order valence-electron chi connectivity index (χ0n) is 15.8. The highest BCUT2D eigenvalue weighted by Crippen LogP contribution is 2.32. The first-order chi connectivity index (χ1) is 13.0. The van der Waals surface area contributed by atoms with E-state index in [0.29, 0.717) is 0 Å². The molecule has 0 saturated heterocycles. The highest BCUT2D eigenvalue weighted by molar-refractivity contribution is 7.17. The summed E-state index contributed by atoms with van der Waals surface area (Å²) < 4.78 is 0. The minimum absolute atomic E-state index is 0.158. The molecule has 0 spiro atoms. The Balaban J connectivity index is 1.57. The minimum Gasteiger partial charge on any atom is -0.138 e. The topological polar surface area (TPSA) is 25.8 Å². The molecule has 0 aliphatic carbocycles. The molecular weight excluding hydrogens is 348 g/mol. The van der Waals surface area contributed by atoms with Crippen LogP contribution in [0.1, 0.15) is 26.3 Å². The predicted octanol–water partition coefficient (Wildman–Crippen LogP) is 6.84. The molecule has 0 radical (unpaired) electrons. The predicted molar refractivity (Wildman–Crippen MR) is 115 cm³/mol. The van der Waals surface area contributed by atoms with Crippen LogP contribution in [0.3, 0.4) is 0 Å². The van der Waals surface area contributed by atoms with Gasteiger partial charge in [-0.2, -0.15) is 0 Å².